The van der Waals surface area contributed by atoms with Crippen molar-refractivity contribution in [3.8, 4) is 11.1 Å². The highest BCUT2D eigenvalue weighted by atomic mass is 79.9. The van der Waals surface area contributed by atoms with Crippen LogP contribution in [-0.4, -0.2) is 64.4 Å². The van der Waals surface area contributed by atoms with Crippen molar-refractivity contribution < 1.29 is 19.5 Å². The van der Waals surface area contributed by atoms with Crippen LogP contribution >= 0.6 is 15.9 Å². The summed E-state index contributed by atoms with van der Waals surface area (Å²) in [5.74, 6) is 0.0233. The smallest absolute Gasteiger partial charge is 0.248 e. The van der Waals surface area contributed by atoms with Gasteiger partial charge in [0.2, 0.25) is 11.8 Å². The number of rotatable bonds is 7. The number of Topliss-reactive ketones (excluding diaryl/α,β-unsaturated/α-hetero) is 1. The summed E-state index contributed by atoms with van der Waals surface area (Å²) in [5, 5.41) is 17.4. The van der Waals surface area contributed by atoms with Gasteiger partial charge in [-0.2, -0.15) is 5.10 Å². The SMILES string of the molecule is CC(=O)c1nn(CC(=O)N2[C@H](C(=O)Nc3cc(C)cc(Br)n3)C[C@@]3(C)C[C@@H]23)c2c(C)cc(-c3cnc(CO)nc3)cc12. The van der Waals surface area contributed by atoms with E-state index in [1.807, 2.05) is 32.0 Å². The minimum atomic E-state index is -0.633. The molecule has 216 valence electrons. The zero-order valence-electron chi connectivity index (χ0n) is 23.7. The number of aryl methyl sites for hydroxylation is 2. The summed E-state index contributed by atoms with van der Waals surface area (Å²) in [6, 6.07) is 6.76. The number of likely N-dealkylation sites (tertiary alicyclic amines) is 1. The highest BCUT2D eigenvalue weighted by Gasteiger charge is 2.64. The number of anilines is 1. The van der Waals surface area contributed by atoms with E-state index in [0.29, 0.717) is 33.6 Å². The van der Waals surface area contributed by atoms with E-state index in [0.717, 1.165) is 28.7 Å². The molecule has 4 heterocycles. The third-order valence-electron chi connectivity index (χ3n) is 8.25. The average Bonchev–Trinajstić information content (AvgIpc) is 3.28. The second-order valence-electron chi connectivity index (χ2n) is 11.5. The van der Waals surface area contributed by atoms with Gasteiger partial charge in [-0.1, -0.05) is 6.92 Å². The first-order chi connectivity index (χ1) is 20.0. The fourth-order valence-electron chi connectivity index (χ4n) is 6.12. The van der Waals surface area contributed by atoms with Crippen LogP contribution in [-0.2, 0) is 22.7 Å². The summed E-state index contributed by atoms with van der Waals surface area (Å²) < 4.78 is 2.19. The van der Waals surface area contributed by atoms with Gasteiger partial charge in [0, 0.05) is 36.3 Å². The highest BCUT2D eigenvalue weighted by molar-refractivity contribution is 9.10. The van der Waals surface area contributed by atoms with E-state index < -0.39 is 6.04 Å². The Morgan fingerprint density at radius 1 is 1.10 bits per heavy atom. The van der Waals surface area contributed by atoms with Crippen molar-refractivity contribution in [3.05, 3.63) is 63.9 Å². The Hall–Kier alpha value is -4.03. The number of aromatic nitrogens is 5. The maximum absolute atomic E-state index is 13.9. The maximum Gasteiger partial charge on any atom is 0.248 e. The van der Waals surface area contributed by atoms with Crippen LogP contribution in [0.3, 0.4) is 0 Å². The molecule has 2 amide bonds. The quantitative estimate of drug-likeness (QED) is 0.230. The predicted molar refractivity (Wildman–Crippen MR) is 158 cm³/mol. The van der Waals surface area contributed by atoms with Gasteiger partial charge in [0.15, 0.2) is 11.6 Å². The van der Waals surface area contributed by atoms with Gasteiger partial charge < -0.3 is 15.3 Å². The molecule has 2 aliphatic rings. The fraction of sp³-hybridized carbons (Fsp3) is 0.367. The summed E-state index contributed by atoms with van der Waals surface area (Å²) in [4.78, 5) is 54.3. The predicted octanol–water partition coefficient (Wildman–Crippen LogP) is 3.98. The first-order valence-corrected chi connectivity index (χ1v) is 14.5. The van der Waals surface area contributed by atoms with Crippen LogP contribution in [0.1, 0.15) is 54.1 Å². The number of amides is 2. The Labute approximate surface area is 250 Å². The minimum absolute atomic E-state index is 0.0262. The van der Waals surface area contributed by atoms with Gasteiger partial charge in [-0.15, -0.1) is 0 Å². The van der Waals surface area contributed by atoms with Crippen LogP contribution in [0.5, 0.6) is 0 Å². The number of hydrogen-bond donors (Lipinski definition) is 2. The number of aliphatic hydroxyl groups is 1. The summed E-state index contributed by atoms with van der Waals surface area (Å²) in [6.07, 6.45) is 4.66. The molecule has 0 bridgehead atoms. The number of ketones is 1. The van der Waals surface area contributed by atoms with Crippen molar-refractivity contribution in [1.29, 1.82) is 0 Å². The molecule has 0 spiro atoms. The standard InChI is InChI=1S/C30H30BrN7O4/c1-15-5-23(31)34-24(6-15)35-29(42)21-9-30(4)10-22(30)38(21)26(41)13-37-28-16(2)7-18(8-20(28)27(36-37)17(3)40)19-11-32-25(14-39)33-12-19/h5-8,11-12,21-22,39H,9-10,13-14H2,1-4H3,(H,34,35,42)/t21-,22+,30-/m0/s1. The summed E-state index contributed by atoms with van der Waals surface area (Å²) in [7, 11) is 0. The van der Waals surface area contributed by atoms with Gasteiger partial charge in [-0.3, -0.25) is 19.1 Å². The Morgan fingerprint density at radius 3 is 2.50 bits per heavy atom. The number of benzene rings is 1. The molecule has 1 saturated heterocycles. The Bertz CT molecular complexity index is 1750. The number of fused-ring (bicyclic) bond motifs is 2. The zero-order valence-corrected chi connectivity index (χ0v) is 25.3. The first-order valence-electron chi connectivity index (χ1n) is 13.7. The van der Waals surface area contributed by atoms with E-state index in [1.165, 1.54) is 6.92 Å². The number of carbonyl (C=O) groups excluding carboxylic acids is 3. The van der Waals surface area contributed by atoms with E-state index in [9.17, 15) is 19.5 Å². The van der Waals surface area contributed by atoms with Gasteiger partial charge >= 0.3 is 0 Å². The maximum atomic E-state index is 13.9. The number of pyridine rings is 1. The molecular formula is C30H30BrN7O4. The fourth-order valence-corrected chi connectivity index (χ4v) is 6.67. The first kappa shape index (κ1) is 28.1. The van der Waals surface area contributed by atoms with Crippen LogP contribution in [0, 0.1) is 19.3 Å². The monoisotopic (exact) mass is 631 g/mol. The van der Waals surface area contributed by atoms with Gasteiger partial charge in [0.05, 0.1) is 5.52 Å². The molecule has 2 N–H and O–H groups in total. The number of halogens is 1. The van der Waals surface area contributed by atoms with Crippen LogP contribution in [0.25, 0.3) is 22.0 Å². The molecule has 1 aromatic carbocycles. The molecule has 42 heavy (non-hydrogen) atoms. The lowest BCUT2D eigenvalue weighted by Crippen LogP contribution is -2.46. The van der Waals surface area contributed by atoms with E-state index in [1.54, 1.807) is 28.0 Å². The second kappa shape index (κ2) is 10.4. The van der Waals surface area contributed by atoms with Crippen molar-refractivity contribution in [2.24, 2.45) is 5.41 Å². The molecule has 1 saturated carbocycles. The minimum Gasteiger partial charge on any atom is -0.388 e. The van der Waals surface area contributed by atoms with Crippen LogP contribution in [0.4, 0.5) is 5.82 Å². The van der Waals surface area contributed by atoms with Crippen molar-refractivity contribution in [2.45, 2.75) is 65.8 Å². The Balaban J connectivity index is 1.31. The van der Waals surface area contributed by atoms with Gasteiger partial charge in [-0.25, -0.2) is 15.0 Å². The molecule has 0 unspecified atom stereocenters. The number of nitrogens with one attached hydrogen (secondary N) is 1. The largest absolute Gasteiger partial charge is 0.388 e. The number of nitrogens with zero attached hydrogens (tertiary/aromatic N) is 6. The van der Waals surface area contributed by atoms with Crippen LogP contribution in [0.15, 0.2) is 41.3 Å². The summed E-state index contributed by atoms with van der Waals surface area (Å²) in [6.45, 7) is 7.00. The number of hydrogen-bond acceptors (Lipinski definition) is 8. The molecule has 3 aromatic heterocycles. The lowest BCUT2D eigenvalue weighted by atomic mass is 10.0. The van der Waals surface area contributed by atoms with Crippen molar-refractivity contribution in [2.75, 3.05) is 5.32 Å². The summed E-state index contributed by atoms with van der Waals surface area (Å²) >= 11 is 3.37. The van der Waals surface area contributed by atoms with Gasteiger partial charge in [0.1, 0.15) is 35.3 Å². The van der Waals surface area contributed by atoms with E-state index >= 15 is 0 Å². The third-order valence-corrected chi connectivity index (χ3v) is 8.65. The Kier molecular flexibility index (Phi) is 6.93. The number of carbonyl (C=O) groups is 3. The van der Waals surface area contributed by atoms with E-state index in [-0.39, 0.29) is 47.9 Å². The number of piperidine rings is 1. The van der Waals surface area contributed by atoms with Crippen molar-refractivity contribution in [1.82, 2.24) is 29.6 Å². The topological polar surface area (TPSA) is 143 Å². The molecule has 2 fully saturated rings. The second-order valence-corrected chi connectivity index (χ2v) is 12.3. The molecular weight excluding hydrogens is 602 g/mol. The molecule has 1 aliphatic carbocycles. The molecule has 6 rings (SSSR count). The van der Waals surface area contributed by atoms with E-state index in [4.69, 9.17) is 0 Å². The lowest BCUT2D eigenvalue weighted by molar-refractivity contribution is -0.138. The highest BCUT2D eigenvalue weighted by Crippen LogP contribution is 2.59. The average molecular weight is 633 g/mol. The zero-order chi connectivity index (χ0) is 29.9. The number of aliphatic hydroxyl groups excluding tert-OH is 1. The molecule has 3 atom stereocenters. The van der Waals surface area contributed by atoms with Crippen molar-refractivity contribution in [3.63, 3.8) is 0 Å². The van der Waals surface area contributed by atoms with Gasteiger partial charge in [0.25, 0.3) is 0 Å². The molecule has 4 aromatic rings. The molecule has 1 aliphatic heterocycles. The molecule has 0 radical (unpaired) electrons. The Morgan fingerprint density at radius 2 is 1.83 bits per heavy atom. The molecule has 11 nitrogen and oxygen atoms in total. The lowest BCUT2D eigenvalue weighted by Gasteiger charge is -2.27. The van der Waals surface area contributed by atoms with Crippen molar-refractivity contribution >= 4 is 50.2 Å². The van der Waals surface area contributed by atoms with Gasteiger partial charge in [-0.05, 0) is 89.0 Å². The normalized spacial score (nSPS) is 21.0. The molecule has 12 heteroatoms. The summed E-state index contributed by atoms with van der Waals surface area (Å²) in [5.41, 5.74) is 4.12. The van der Waals surface area contributed by atoms with E-state index in [2.05, 4.69) is 48.2 Å². The van der Waals surface area contributed by atoms with Crippen LogP contribution < -0.4 is 5.32 Å². The van der Waals surface area contributed by atoms with Crippen LogP contribution in [0.2, 0.25) is 0 Å². The third kappa shape index (κ3) is 4.98.